The maximum absolute atomic E-state index is 3.72. The number of H-pyrrole nitrogens is 1. The largest absolute Gasteiger partial charge is 0.357 e. The molecule has 3 rings (SSSR count). The number of hydrogen-bond donors (Lipinski definition) is 2. The van der Waals surface area contributed by atoms with Crippen LogP contribution in [0.1, 0.15) is 37.1 Å². The van der Waals surface area contributed by atoms with Gasteiger partial charge in [0.1, 0.15) is 0 Å². The number of benzene rings is 1. The highest BCUT2D eigenvalue weighted by atomic mass is 28.3. The molecule has 1 aromatic heterocycles. The van der Waals surface area contributed by atoms with E-state index in [0.717, 1.165) is 13.0 Å². The predicted octanol–water partition coefficient (Wildman–Crippen LogP) is 4.96. The first kappa shape index (κ1) is 15.6. The van der Waals surface area contributed by atoms with E-state index in [0.29, 0.717) is 6.04 Å². The molecule has 22 heavy (non-hydrogen) atoms. The van der Waals surface area contributed by atoms with E-state index in [1.54, 1.807) is 5.20 Å². The lowest BCUT2D eigenvalue weighted by molar-refractivity contribution is 0.470. The van der Waals surface area contributed by atoms with Crippen LogP contribution in [0.4, 0.5) is 0 Å². The third kappa shape index (κ3) is 2.92. The Morgan fingerprint density at radius 1 is 1.27 bits per heavy atom. The third-order valence-corrected chi connectivity index (χ3v) is 7.44. The van der Waals surface area contributed by atoms with Gasteiger partial charge in [-0.3, -0.25) is 0 Å². The number of aromatic amines is 1. The molecule has 1 unspecified atom stereocenters. The number of fused-ring (bicyclic) bond motifs is 3. The van der Waals surface area contributed by atoms with Crippen molar-refractivity contribution in [1.82, 2.24) is 10.3 Å². The average molecular weight is 313 g/mol. The molecule has 1 aromatic carbocycles. The Labute approximate surface area is 135 Å². The highest BCUT2D eigenvalue weighted by Gasteiger charge is 2.25. The number of para-hydroxylation sites is 1. The number of aromatic nitrogens is 1. The van der Waals surface area contributed by atoms with Crippen LogP contribution in [0.15, 0.2) is 35.5 Å². The molecule has 0 amide bonds. The second-order valence-electron chi connectivity index (χ2n) is 7.42. The minimum absolute atomic E-state index is 0.474. The lowest BCUT2D eigenvalue weighted by Gasteiger charge is -2.27. The predicted molar refractivity (Wildman–Crippen MR) is 99.1 cm³/mol. The van der Waals surface area contributed by atoms with E-state index in [2.05, 4.69) is 67.2 Å². The van der Waals surface area contributed by atoms with Crippen LogP contribution in [-0.2, 0) is 6.42 Å². The summed E-state index contributed by atoms with van der Waals surface area (Å²) in [6.07, 6.45) is 5.92. The van der Waals surface area contributed by atoms with Gasteiger partial charge < -0.3 is 10.3 Å². The molecule has 0 spiro atoms. The van der Waals surface area contributed by atoms with Gasteiger partial charge in [-0.25, -0.2) is 0 Å². The molecule has 2 heterocycles. The van der Waals surface area contributed by atoms with E-state index >= 15 is 0 Å². The Morgan fingerprint density at radius 2 is 2.05 bits per heavy atom. The lowest BCUT2D eigenvalue weighted by atomic mass is 9.96. The maximum atomic E-state index is 3.72. The van der Waals surface area contributed by atoms with E-state index in [-0.39, 0.29) is 0 Å². The summed E-state index contributed by atoms with van der Waals surface area (Å²) in [7, 11) is -1.17. The molecule has 0 bridgehead atoms. The van der Waals surface area contributed by atoms with Gasteiger partial charge in [-0.1, -0.05) is 49.1 Å². The van der Waals surface area contributed by atoms with E-state index < -0.39 is 8.07 Å². The molecule has 1 aliphatic rings. The molecule has 1 aliphatic heterocycles. The zero-order valence-corrected chi connectivity index (χ0v) is 15.3. The smallest absolute Gasteiger partial charge is 0.0720 e. The van der Waals surface area contributed by atoms with E-state index in [9.17, 15) is 0 Å². The molecule has 0 saturated heterocycles. The van der Waals surface area contributed by atoms with Crippen molar-refractivity contribution in [2.45, 2.75) is 51.9 Å². The molecule has 0 fully saturated rings. The SMILES string of the molecule is C/C=C(\CCC1NCCc2c1[nH]c1ccccc21)[Si](C)(C)C. The van der Waals surface area contributed by atoms with Gasteiger partial charge in [-0.05, 0) is 44.4 Å². The zero-order chi connectivity index (χ0) is 15.7. The molecule has 0 aliphatic carbocycles. The van der Waals surface area contributed by atoms with E-state index in [4.69, 9.17) is 0 Å². The molecule has 0 radical (unpaired) electrons. The summed E-state index contributed by atoms with van der Waals surface area (Å²) in [5, 5.41) is 6.83. The first-order valence-electron chi connectivity index (χ1n) is 8.49. The summed E-state index contributed by atoms with van der Waals surface area (Å²) in [5.74, 6) is 0. The van der Waals surface area contributed by atoms with Crippen molar-refractivity contribution in [1.29, 1.82) is 0 Å². The standard InChI is InChI=1S/C19H28N2Si/c1-5-14(22(2,3)4)10-11-18-19-16(12-13-20-18)15-8-6-7-9-17(15)21-19/h5-9,18,20-21H,10-13H2,1-4H3/b14-5+. The summed E-state index contributed by atoms with van der Waals surface area (Å²) in [6, 6.07) is 9.20. The topological polar surface area (TPSA) is 27.8 Å². The zero-order valence-electron chi connectivity index (χ0n) is 14.3. The second kappa shape index (κ2) is 6.05. The molecular weight excluding hydrogens is 284 g/mol. The van der Waals surface area contributed by atoms with Crippen LogP contribution in [0.5, 0.6) is 0 Å². The van der Waals surface area contributed by atoms with Crippen LogP contribution >= 0.6 is 0 Å². The van der Waals surface area contributed by atoms with Crippen LogP contribution < -0.4 is 5.32 Å². The molecule has 3 heteroatoms. The fourth-order valence-electron chi connectivity index (χ4n) is 3.76. The number of nitrogens with one attached hydrogen (secondary N) is 2. The van der Waals surface area contributed by atoms with Crippen molar-refractivity contribution in [3.8, 4) is 0 Å². The molecule has 2 aromatic rings. The fraction of sp³-hybridized carbons (Fsp3) is 0.474. The van der Waals surface area contributed by atoms with Gasteiger partial charge in [0.25, 0.3) is 0 Å². The summed E-state index contributed by atoms with van der Waals surface area (Å²) < 4.78 is 0. The molecular formula is C19H28N2Si. The first-order chi connectivity index (χ1) is 10.5. The normalized spacial score (nSPS) is 19.5. The Balaban J connectivity index is 1.83. The van der Waals surface area contributed by atoms with Crippen molar-refractivity contribution in [3.63, 3.8) is 0 Å². The van der Waals surface area contributed by atoms with Gasteiger partial charge in [0.2, 0.25) is 0 Å². The van der Waals surface area contributed by atoms with Crippen molar-refractivity contribution in [2.24, 2.45) is 0 Å². The Morgan fingerprint density at radius 3 is 2.77 bits per heavy atom. The van der Waals surface area contributed by atoms with Crippen molar-refractivity contribution >= 4 is 19.0 Å². The van der Waals surface area contributed by atoms with Gasteiger partial charge in [0.05, 0.1) is 8.07 Å². The summed E-state index contributed by atoms with van der Waals surface area (Å²) >= 11 is 0. The quantitative estimate of drug-likeness (QED) is 0.767. The van der Waals surface area contributed by atoms with Crippen LogP contribution in [0.3, 0.4) is 0 Å². The van der Waals surface area contributed by atoms with Gasteiger partial charge >= 0.3 is 0 Å². The Hall–Kier alpha value is -1.32. The number of hydrogen-bond acceptors (Lipinski definition) is 1. The Kier molecular flexibility index (Phi) is 4.28. The summed E-state index contributed by atoms with van der Waals surface area (Å²) in [6.45, 7) is 10.6. The van der Waals surface area contributed by atoms with Crippen LogP contribution in [0.25, 0.3) is 10.9 Å². The van der Waals surface area contributed by atoms with Crippen LogP contribution in [0.2, 0.25) is 19.6 Å². The molecule has 2 nitrogen and oxygen atoms in total. The molecule has 2 N–H and O–H groups in total. The van der Waals surface area contributed by atoms with E-state index in [1.807, 2.05) is 0 Å². The Bertz CT molecular complexity index is 691. The van der Waals surface area contributed by atoms with Crippen LogP contribution in [-0.4, -0.2) is 19.6 Å². The lowest BCUT2D eigenvalue weighted by Crippen LogP contribution is -2.31. The van der Waals surface area contributed by atoms with Crippen LogP contribution in [0, 0.1) is 0 Å². The highest BCUT2D eigenvalue weighted by Crippen LogP contribution is 2.33. The number of rotatable bonds is 4. The second-order valence-corrected chi connectivity index (χ2v) is 12.6. The fourth-order valence-corrected chi connectivity index (χ4v) is 5.52. The monoisotopic (exact) mass is 312 g/mol. The highest BCUT2D eigenvalue weighted by molar-refractivity contribution is 6.83. The average Bonchev–Trinajstić information content (AvgIpc) is 2.86. The molecule has 1 atom stereocenters. The number of allylic oxidation sites excluding steroid dienone is 2. The van der Waals surface area contributed by atoms with Gasteiger partial charge in [-0.2, -0.15) is 0 Å². The van der Waals surface area contributed by atoms with E-state index in [1.165, 1.54) is 35.0 Å². The third-order valence-electron chi connectivity index (χ3n) is 4.97. The van der Waals surface area contributed by atoms with Crippen molar-refractivity contribution in [3.05, 3.63) is 46.8 Å². The summed E-state index contributed by atoms with van der Waals surface area (Å²) in [4.78, 5) is 3.68. The first-order valence-corrected chi connectivity index (χ1v) is 12.0. The minimum Gasteiger partial charge on any atom is -0.357 e. The van der Waals surface area contributed by atoms with Crippen molar-refractivity contribution in [2.75, 3.05) is 6.54 Å². The molecule has 0 saturated carbocycles. The van der Waals surface area contributed by atoms with Crippen molar-refractivity contribution < 1.29 is 0 Å². The van der Waals surface area contributed by atoms with Gasteiger partial charge in [0.15, 0.2) is 0 Å². The van der Waals surface area contributed by atoms with Gasteiger partial charge in [0, 0.05) is 22.6 Å². The maximum Gasteiger partial charge on any atom is 0.0720 e. The minimum atomic E-state index is -1.17. The molecule has 118 valence electrons. The summed E-state index contributed by atoms with van der Waals surface area (Å²) in [5.41, 5.74) is 4.26. The van der Waals surface area contributed by atoms with Gasteiger partial charge in [-0.15, -0.1) is 0 Å².